The minimum Gasteiger partial charge on any atom is -0.348 e. The van der Waals surface area contributed by atoms with Crippen molar-refractivity contribution < 1.29 is 17.2 Å². The van der Waals surface area contributed by atoms with E-state index in [1.807, 2.05) is 5.38 Å². The minimum absolute atomic E-state index is 0.0245. The normalized spacial score (nSPS) is 15.4. The second-order valence-electron chi connectivity index (χ2n) is 7.35. The molecule has 4 nitrogen and oxygen atoms in total. The van der Waals surface area contributed by atoms with Crippen molar-refractivity contribution in [2.45, 2.75) is 29.4 Å². The summed E-state index contributed by atoms with van der Waals surface area (Å²) in [6, 6.07) is 7.97. The summed E-state index contributed by atoms with van der Waals surface area (Å²) in [5.74, 6) is -1.02. The first-order chi connectivity index (χ1) is 14.7. The van der Waals surface area contributed by atoms with Crippen LogP contribution in [-0.2, 0) is 16.3 Å². The second kappa shape index (κ2) is 9.02. The van der Waals surface area contributed by atoms with Crippen LogP contribution in [0.15, 0.2) is 46.7 Å². The van der Waals surface area contributed by atoms with Gasteiger partial charge in [0.15, 0.2) is 15.0 Å². The lowest BCUT2D eigenvalue weighted by molar-refractivity contribution is 0.529. The third-order valence-electron chi connectivity index (χ3n) is 5.26. The topological polar surface area (TPSA) is 50.3 Å². The van der Waals surface area contributed by atoms with Crippen LogP contribution in [0, 0.1) is 11.6 Å². The highest BCUT2D eigenvalue weighted by Crippen LogP contribution is 2.32. The summed E-state index contributed by atoms with van der Waals surface area (Å²) in [5, 5.41) is 2.17. The van der Waals surface area contributed by atoms with Crippen LogP contribution in [0.4, 0.5) is 13.9 Å². The molecule has 1 aromatic heterocycles. The van der Waals surface area contributed by atoms with Crippen LogP contribution in [0.3, 0.4) is 0 Å². The van der Waals surface area contributed by atoms with E-state index >= 15 is 0 Å². The van der Waals surface area contributed by atoms with E-state index in [2.05, 4.69) is 9.88 Å². The van der Waals surface area contributed by atoms with Gasteiger partial charge < -0.3 is 4.90 Å². The quantitative estimate of drug-likeness (QED) is 0.416. The maximum absolute atomic E-state index is 13.3. The Balaban J connectivity index is 1.41. The van der Waals surface area contributed by atoms with Crippen molar-refractivity contribution in [3.8, 4) is 0 Å². The van der Waals surface area contributed by atoms with Crippen molar-refractivity contribution in [2.24, 2.45) is 0 Å². The van der Waals surface area contributed by atoms with Crippen LogP contribution in [0.2, 0.25) is 10.0 Å². The summed E-state index contributed by atoms with van der Waals surface area (Å²) in [7, 11) is -3.64. The van der Waals surface area contributed by atoms with Crippen LogP contribution >= 0.6 is 34.5 Å². The molecule has 1 aliphatic heterocycles. The average Bonchev–Trinajstić information content (AvgIpc) is 3.19. The lowest BCUT2D eigenvalue weighted by atomic mass is 10.1. The zero-order chi connectivity index (χ0) is 22.2. The standard InChI is InChI=1S/C21H18Cl2F2N2O2S2/c22-17-10-13(1-3-19(17)25)9-15-12-30-21(26-15)27-7-5-16(6-8-27)31(28,29)20-4-2-14(24)11-18(20)23/h1-4,10-12,16H,5-9H2. The fourth-order valence-corrected chi connectivity index (χ4v) is 6.98. The molecule has 0 N–H and O–H groups in total. The minimum atomic E-state index is -3.64. The smallest absolute Gasteiger partial charge is 0.185 e. The van der Waals surface area contributed by atoms with Gasteiger partial charge in [-0.3, -0.25) is 0 Å². The first kappa shape index (κ1) is 22.5. The third-order valence-corrected chi connectivity index (χ3v) is 9.24. The maximum atomic E-state index is 13.3. The predicted octanol–water partition coefficient (Wildman–Crippen LogP) is 5.76. The third kappa shape index (κ3) is 4.87. The number of thiazole rings is 1. The number of piperidine rings is 1. The molecule has 0 saturated carbocycles. The van der Waals surface area contributed by atoms with E-state index in [1.165, 1.54) is 23.5 Å². The van der Waals surface area contributed by atoms with Gasteiger partial charge in [0.25, 0.3) is 0 Å². The number of nitrogens with zero attached hydrogens (tertiary/aromatic N) is 2. The molecule has 2 heterocycles. The van der Waals surface area contributed by atoms with Crippen LogP contribution in [-0.4, -0.2) is 31.7 Å². The van der Waals surface area contributed by atoms with Gasteiger partial charge in [0.05, 0.1) is 25.9 Å². The number of benzene rings is 2. The molecule has 0 amide bonds. The van der Waals surface area contributed by atoms with Crippen LogP contribution < -0.4 is 4.90 Å². The van der Waals surface area contributed by atoms with Crippen molar-refractivity contribution in [1.82, 2.24) is 4.98 Å². The van der Waals surface area contributed by atoms with Gasteiger partial charge in [-0.25, -0.2) is 22.2 Å². The molecule has 31 heavy (non-hydrogen) atoms. The molecule has 1 saturated heterocycles. The Hall–Kier alpha value is -1.74. The first-order valence-electron chi connectivity index (χ1n) is 9.56. The van der Waals surface area contributed by atoms with Gasteiger partial charge in [0.1, 0.15) is 11.6 Å². The highest BCUT2D eigenvalue weighted by molar-refractivity contribution is 7.92. The zero-order valence-corrected chi connectivity index (χ0v) is 19.3. The van der Waals surface area contributed by atoms with Crippen molar-refractivity contribution >= 4 is 49.5 Å². The van der Waals surface area contributed by atoms with E-state index in [1.54, 1.807) is 12.1 Å². The molecule has 4 rings (SSSR count). The molecule has 0 radical (unpaired) electrons. The Morgan fingerprint density at radius 2 is 1.81 bits per heavy atom. The molecule has 0 unspecified atom stereocenters. The molecule has 0 bridgehead atoms. The number of aromatic nitrogens is 1. The largest absolute Gasteiger partial charge is 0.348 e. The Kier molecular flexibility index (Phi) is 6.53. The number of sulfone groups is 1. The molecular weight excluding hydrogens is 485 g/mol. The van der Waals surface area contributed by atoms with Crippen LogP contribution in [0.1, 0.15) is 24.1 Å². The fraction of sp³-hybridized carbons (Fsp3) is 0.286. The average molecular weight is 503 g/mol. The number of rotatable bonds is 5. The molecule has 0 spiro atoms. The first-order valence-corrected chi connectivity index (χ1v) is 12.7. The number of halogens is 4. The van der Waals surface area contributed by atoms with Gasteiger partial charge in [-0.05, 0) is 48.7 Å². The maximum Gasteiger partial charge on any atom is 0.185 e. The van der Waals surface area contributed by atoms with E-state index in [0.29, 0.717) is 32.4 Å². The lowest BCUT2D eigenvalue weighted by Gasteiger charge is -2.31. The lowest BCUT2D eigenvalue weighted by Crippen LogP contribution is -2.39. The summed E-state index contributed by atoms with van der Waals surface area (Å²) in [6.07, 6.45) is 1.39. The van der Waals surface area contributed by atoms with Gasteiger partial charge in [0, 0.05) is 24.9 Å². The Labute approximate surface area is 193 Å². The summed E-state index contributed by atoms with van der Waals surface area (Å²) in [6.45, 7) is 1.08. The highest BCUT2D eigenvalue weighted by atomic mass is 35.5. The number of anilines is 1. The van der Waals surface area contributed by atoms with Gasteiger partial charge in [-0.1, -0.05) is 29.3 Å². The van der Waals surface area contributed by atoms with Gasteiger partial charge >= 0.3 is 0 Å². The van der Waals surface area contributed by atoms with E-state index in [-0.39, 0.29) is 14.9 Å². The zero-order valence-electron chi connectivity index (χ0n) is 16.2. The molecule has 3 aromatic rings. The molecular formula is C21H18Cl2F2N2O2S2. The van der Waals surface area contributed by atoms with Crippen molar-refractivity contribution in [3.05, 3.63) is 74.7 Å². The monoisotopic (exact) mass is 502 g/mol. The summed E-state index contributed by atoms with van der Waals surface area (Å²) < 4.78 is 52.5. The van der Waals surface area contributed by atoms with Gasteiger partial charge in [-0.2, -0.15) is 0 Å². The SMILES string of the molecule is O=S(=O)(c1ccc(F)cc1Cl)C1CCN(c2nc(Cc3ccc(F)c(Cl)c3)cs2)CC1. The molecule has 1 aliphatic rings. The molecule has 0 aliphatic carbocycles. The summed E-state index contributed by atoms with van der Waals surface area (Å²) >= 11 is 13.3. The Bertz CT molecular complexity index is 1210. The summed E-state index contributed by atoms with van der Waals surface area (Å²) in [5.41, 5.74) is 1.71. The Morgan fingerprint density at radius 1 is 1.06 bits per heavy atom. The highest BCUT2D eigenvalue weighted by Gasteiger charge is 2.33. The molecule has 164 valence electrons. The second-order valence-corrected chi connectivity index (χ2v) is 11.2. The number of hydrogen-bond acceptors (Lipinski definition) is 5. The van der Waals surface area contributed by atoms with E-state index in [9.17, 15) is 17.2 Å². The van der Waals surface area contributed by atoms with E-state index in [0.717, 1.165) is 28.5 Å². The van der Waals surface area contributed by atoms with Gasteiger partial charge in [-0.15, -0.1) is 11.3 Å². The van der Waals surface area contributed by atoms with Crippen LogP contribution in [0.25, 0.3) is 0 Å². The molecule has 10 heteroatoms. The fourth-order valence-electron chi connectivity index (χ4n) is 3.62. The predicted molar refractivity (Wildman–Crippen MR) is 120 cm³/mol. The van der Waals surface area contributed by atoms with Crippen molar-refractivity contribution in [1.29, 1.82) is 0 Å². The Morgan fingerprint density at radius 3 is 2.48 bits per heavy atom. The summed E-state index contributed by atoms with van der Waals surface area (Å²) in [4.78, 5) is 6.68. The van der Waals surface area contributed by atoms with Crippen molar-refractivity contribution in [3.63, 3.8) is 0 Å². The van der Waals surface area contributed by atoms with E-state index < -0.39 is 26.7 Å². The van der Waals surface area contributed by atoms with E-state index in [4.69, 9.17) is 23.2 Å². The molecule has 0 atom stereocenters. The van der Waals surface area contributed by atoms with Gasteiger partial charge in [0.2, 0.25) is 0 Å². The van der Waals surface area contributed by atoms with Crippen LogP contribution in [0.5, 0.6) is 0 Å². The molecule has 2 aromatic carbocycles. The van der Waals surface area contributed by atoms with Crippen molar-refractivity contribution in [2.75, 3.05) is 18.0 Å². The number of hydrogen-bond donors (Lipinski definition) is 0. The molecule has 1 fully saturated rings.